The molecule has 0 fully saturated rings. The van der Waals surface area contributed by atoms with Crippen LogP contribution in [0.5, 0.6) is 0 Å². The van der Waals surface area contributed by atoms with Gasteiger partial charge in [0.25, 0.3) is 0 Å². The van der Waals surface area contributed by atoms with Crippen molar-refractivity contribution in [1.29, 1.82) is 0 Å². The molecule has 0 N–H and O–H groups in total. The Morgan fingerprint density at radius 1 is 0.617 bits per heavy atom. The Morgan fingerprint density at radius 2 is 1.19 bits per heavy atom. The normalized spacial score (nSPS) is 12.9. The molecule has 5 aromatic carbocycles. The second-order valence-electron chi connectivity index (χ2n) is 13.3. The second-order valence-corrected chi connectivity index (χ2v) is 17.5. The van der Waals surface area contributed by atoms with E-state index < -0.39 is 17.4 Å². The molecule has 3 heteroatoms. The van der Waals surface area contributed by atoms with E-state index in [2.05, 4.69) is 152 Å². The molecule has 0 unspecified atom stereocenters. The molecule has 2 aliphatic rings. The molecule has 5 aromatic rings. The summed E-state index contributed by atoms with van der Waals surface area (Å²) >= 11 is -2.10. The quantitative estimate of drug-likeness (QED) is 0.229. The number of halogens is 2. The van der Waals surface area contributed by atoms with E-state index in [4.69, 9.17) is 0 Å². The number of aryl methyl sites for hydroxylation is 6. The maximum atomic E-state index is 2.62. The Balaban J connectivity index is 0.00000217. The van der Waals surface area contributed by atoms with E-state index in [0.29, 0.717) is 0 Å². The van der Waals surface area contributed by atoms with Crippen LogP contribution >= 0.6 is 0 Å². The number of hydrogen-bond donors (Lipinski definition) is 0. The van der Waals surface area contributed by atoms with E-state index >= 15 is 0 Å². The zero-order valence-electron chi connectivity index (χ0n) is 28.5. The maximum Gasteiger partial charge on any atom is -1.00 e. The average Bonchev–Trinajstić information content (AvgIpc) is 3.65. The Hall–Kier alpha value is -3.26. The number of rotatable bonds is 5. The Labute approximate surface area is 299 Å². The number of hydrogen-bond acceptors (Lipinski definition) is 0. The van der Waals surface area contributed by atoms with Crippen molar-refractivity contribution in [2.45, 2.75) is 61.3 Å². The van der Waals surface area contributed by atoms with Gasteiger partial charge in [0.1, 0.15) is 0 Å². The van der Waals surface area contributed by atoms with Crippen LogP contribution in [0, 0.1) is 41.5 Å². The predicted octanol–water partition coefficient (Wildman–Crippen LogP) is 4.78. The maximum absolute atomic E-state index is 2.62. The van der Waals surface area contributed by atoms with Crippen molar-refractivity contribution in [3.63, 3.8) is 0 Å². The minimum Gasteiger partial charge on any atom is -1.00 e. The summed E-state index contributed by atoms with van der Waals surface area (Å²) in [5.74, 6) is 0. The van der Waals surface area contributed by atoms with Gasteiger partial charge in [0.05, 0.1) is 0 Å². The molecular weight excluding hydrogens is 647 g/mol. The van der Waals surface area contributed by atoms with Gasteiger partial charge in [-0.3, -0.25) is 0 Å². The molecule has 0 aromatic heterocycles. The topological polar surface area (TPSA) is 0 Å². The molecule has 0 spiro atoms. The summed E-state index contributed by atoms with van der Waals surface area (Å²) in [4.78, 5) is 0. The van der Waals surface area contributed by atoms with E-state index in [1.807, 2.05) is 0 Å². The van der Waals surface area contributed by atoms with Gasteiger partial charge in [-0.25, -0.2) is 0 Å². The van der Waals surface area contributed by atoms with Crippen molar-refractivity contribution in [3.8, 4) is 33.4 Å². The number of benzene rings is 5. The molecular formula is C44H42Cl2Ti. The van der Waals surface area contributed by atoms with Crippen molar-refractivity contribution < 1.29 is 42.2 Å². The van der Waals surface area contributed by atoms with Crippen LogP contribution in [0.15, 0.2) is 107 Å². The van der Waals surface area contributed by atoms with Gasteiger partial charge in [0.2, 0.25) is 0 Å². The molecule has 0 radical (unpaired) electrons. The molecule has 0 aliphatic heterocycles. The molecule has 0 bridgehead atoms. The fraction of sp³-hybridized carbons (Fsp3) is 0.205. The summed E-state index contributed by atoms with van der Waals surface area (Å²) in [5, 5.41) is 0. The molecule has 0 atom stereocenters. The van der Waals surface area contributed by atoms with Crippen LogP contribution in [-0.2, 0) is 23.8 Å². The van der Waals surface area contributed by atoms with Crippen molar-refractivity contribution in [1.82, 2.24) is 0 Å². The fourth-order valence-electron chi connectivity index (χ4n) is 8.15. The Morgan fingerprint density at radius 3 is 1.77 bits per heavy atom. The van der Waals surface area contributed by atoms with Gasteiger partial charge in [-0.15, -0.1) is 0 Å². The first-order valence-corrected chi connectivity index (χ1v) is 18.6. The molecule has 0 nitrogen and oxygen atoms in total. The van der Waals surface area contributed by atoms with Gasteiger partial charge in [-0.1, -0.05) is 0 Å². The standard InChI is InChI=1S/C31H29.C8H8.C5H5.2ClH.Ti/c1-18-11-20(3)30(21(4)12-18)26-9-7-24-15-25-8-10-27(17-29(25)28(24)16-26)31-22(5)13-19(2)14-23(31)6;1-2-8-6-4-3-5-7-8;1-2-4-5-3-1;;;/h7,9-14,16-17H,15H2,1-6H3;3-7H,1H3;1-3H,4H2;2*1H;/q;;;;;+2/p-2. The summed E-state index contributed by atoms with van der Waals surface area (Å²) in [6, 6.07) is 33.0. The van der Waals surface area contributed by atoms with Crippen LogP contribution in [0.4, 0.5) is 0 Å². The molecule has 47 heavy (non-hydrogen) atoms. The van der Waals surface area contributed by atoms with Gasteiger partial charge < -0.3 is 24.8 Å². The molecule has 0 heterocycles. The van der Waals surface area contributed by atoms with Crippen molar-refractivity contribution in [2.24, 2.45) is 0 Å². The minimum absolute atomic E-state index is 0. The van der Waals surface area contributed by atoms with Crippen molar-refractivity contribution in [3.05, 3.63) is 157 Å². The van der Waals surface area contributed by atoms with E-state index in [1.165, 1.54) is 77.9 Å². The summed E-state index contributed by atoms with van der Waals surface area (Å²) in [6.45, 7) is 15.9. The fourth-order valence-corrected chi connectivity index (χ4v) is 13.0. The SMILES string of the molecule is C/[C](c1ccccc1)=[Ti+2](\[C]1=CC=CC1)[c]1cc(-c2c(C)cc(C)cc2C)cc2c1Cc1ccc(-c3c(C)cc(C)cc3C)cc1-2.[Cl-].[Cl-]. The Kier molecular flexibility index (Phi) is 10.5. The van der Waals surface area contributed by atoms with Crippen LogP contribution in [-0.4, -0.2) is 3.81 Å². The van der Waals surface area contributed by atoms with Crippen LogP contribution in [0.25, 0.3) is 33.4 Å². The van der Waals surface area contributed by atoms with Crippen molar-refractivity contribution >= 4 is 7.68 Å². The average molecular weight is 690 g/mol. The third-order valence-electron chi connectivity index (χ3n) is 9.89. The predicted molar refractivity (Wildman–Crippen MR) is 192 cm³/mol. The first kappa shape index (κ1) is 35.1. The van der Waals surface area contributed by atoms with Gasteiger partial charge in [-0.05, 0) is 0 Å². The minimum atomic E-state index is -2.10. The zero-order chi connectivity index (χ0) is 31.4. The van der Waals surface area contributed by atoms with E-state index in [-0.39, 0.29) is 24.8 Å². The van der Waals surface area contributed by atoms with E-state index in [1.54, 1.807) is 17.1 Å². The third-order valence-corrected chi connectivity index (χ3v) is 14.6. The van der Waals surface area contributed by atoms with Gasteiger partial charge >= 0.3 is 277 Å². The zero-order valence-corrected chi connectivity index (χ0v) is 31.6. The first-order valence-electron chi connectivity index (χ1n) is 16.3. The van der Waals surface area contributed by atoms with E-state index in [0.717, 1.165) is 12.8 Å². The third kappa shape index (κ3) is 6.47. The van der Waals surface area contributed by atoms with Crippen molar-refractivity contribution in [2.75, 3.05) is 0 Å². The first-order chi connectivity index (χ1) is 21.7. The van der Waals surface area contributed by atoms with Gasteiger partial charge in [-0.2, -0.15) is 0 Å². The summed E-state index contributed by atoms with van der Waals surface area (Å²) in [5.41, 5.74) is 20.8. The molecule has 0 saturated heterocycles. The van der Waals surface area contributed by atoms with Crippen LogP contribution < -0.4 is 28.7 Å². The van der Waals surface area contributed by atoms with Crippen LogP contribution in [0.2, 0.25) is 0 Å². The van der Waals surface area contributed by atoms with E-state index in [9.17, 15) is 0 Å². The molecule has 0 saturated carbocycles. The van der Waals surface area contributed by atoms with Gasteiger partial charge in [0.15, 0.2) is 0 Å². The van der Waals surface area contributed by atoms with Crippen LogP contribution in [0.3, 0.4) is 0 Å². The van der Waals surface area contributed by atoms with Gasteiger partial charge in [0, 0.05) is 0 Å². The van der Waals surface area contributed by atoms with Crippen LogP contribution in [0.1, 0.15) is 63.4 Å². The largest absolute Gasteiger partial charge is 1.00 e. The summed E-state index contributed by atoms with van der Waals surface area (Å²) in [7, 11) is 0. The smallest absolute Gasteiger partial charge is 1.00 e. The Bertz CT molecular complexity index is 2070. The molecule has 236 valence electrons. The molecule has 7 rings (SSSR count). The molecule has 2 aliphatic carbocycles. The summed E-state index contributed by atoms with van der Waals surface area (Å²) < 4.78 is 4.86. The number of allylic oxidation sites excluding steroid dienone is 4. The number of fused-ring (bicyclic) bond motifs is 3. The second kappa shape index (κ2) is 14.1. The molecule has 0 amide bonds. The monoisotopic (exact) mass is 688 g/mol. The summed E-state index contributed by atoms with van der Waals surface area (Å²) in [6.07, 6.45) is 9.16.